The Labute approximate surface area is 183 Å². The highest BCUT2D eigenvalue weighted by atomic mass is 16.4. The third-order valence-corrected chi connectivity index (χ3v) is 10.2. The fourth-order valence-electron chi connectivity index (χ4n) is 8.62. The van der Waals surface area contributed by atoms with Crippen molar-refractivity contribution in [3.63, 3.8) is 0 Å². The van der Waals surface area contributed by atoms with Crippen LogP contribution in [0.4, 0.5) is 0 Å². The van der Waals surface area contributed by atoms with Crippen molar-refractivity contribution in [2.45, 2.75) is 104 Å². The second-order valence-corrected chi connectivity index (χ2v) is 12.0. The molecule has 2 N–H and O–H groups in total. The molecule has 0 bridgehead atoms. The zero-order valence-electron chi connectivity index (χ0n) is 19.7. The van der Waals surface area contributed by atoms with Crippen LogP contribution in [-0.4, -0.2) is 22.3 Å². The molecule has 3 saturated carbocycles. The maximum atomic E-state index is 12.9. The van der Waals surface area contributed by atoms with Gasteiger partial charge in [-0.2, -0.15) is 0 Å². The Morgan fingerprint density at radius 3 is 2.57 bits per heavy atom. The van der Waals surface area contributed by atoms with Gasteiger partial charge >= 0.3 is 5.97 Å². The normalized spacial score (nSPS) is 44.1. The predicted octanol–water partition coefficient (Wildman–Crippen LogP) is 6.45. The molecule has 3 heteroatoms. The van der Waals surface area contributed by atoms with Crippen LogP contribution in [0.5, 0.6) is 0 Å². The van der Waals surface area contributed by atoms with Crippen LogP contribution in [0.15, 0.2) is 11.6 Å². The maximum Gasteiger partial charge on any atom is 0.310 e. The lowest BCUT2D eigenvalue weighted by molar-refractivity contribution is -0.166. The monoisotopic (exact) mass is 416 g/mol. The lowest BCUT2D eigenvalue weighted by Gasteiger charge is -2.57. The fraction of sp³-hybridized carbons (Fsp3) is 0.889. The van der Waals surface area contributed by atoms with Gasteiger partial charge in [0.25, 0.3) is 0 Å². The van der Waals surface area contributed by atoms with Crippen molar-refractivity contribution >= 4 is 5.97 Å². The molecule has 3 nitrogen and oxygen atoms in total. The number of aliphatic hydroxyl groups excluding tert-OH is 1. The smallest absolute Gasteiger partial charge is 0.310 e. The Bertz CT molecular complexity index is 682. The van der Waals surface area contributed by atoms with Crippen molar-refractivity contribution < 1.29 is 15.0 Å². The van der Waals surface area contributed by atoms with Gasteiger partial charge in [-0.15, -0.1) is 0 Å². The van der Waals surface area contributed by atoms with Crippen molar-refractivity contribution in [1.29, 1.82) is 0 Å². The molecular formula is C27H44O3. The second kappa shape index (κ2) is 8.26. The first-order chi connectivity index (χ1) is 14.2. The fourth-order valence-corrected chi connectivity index (χ4v) is 8.62. The number of hydrogen-bond donors (Lipinski definition) is 2. The highest BCUT2D eigenvalue weighted by Crippen LogP contribution is 2.67. The minimum atomic E-state index is -0.497. The number of fused-ring (bicyclic) bond motifs is 5. The zero-order valence-corrected chi connectivity index (χ0v) is 19.7. The summed E-state index contributed by atoms with van der Waals surface area (Å²) in [5, 5.41) is 20.8. The van der Waals surface area contributed by atoms with Crippen molar-refractivity contribution in [1.82, 2.24) is 0 Å². The molecule has 0 radical (unpaired) electrons. The average molecular weight is 417 g/mol. The highest BCUT2D eigenvalue weighted by molar-refractivity contribution is 5.76. The van der Waals surface area contributed by atoms with Gasteiger partial charge in [0.15, 0.2) is 0 Å². The largest absolute Gasteiger partial charge is 0.481 e. The third-order valence-electron chi connectivity index (χ3n) is 10.2. The molecule has 30 heavy (non-hydrogen) atoms. The topological polar surface area (TPSA) is 57.5 Å². The van der Waals surface area contributed by atoms with Gasteiger partial charge in [0.1, 0.15) is 0 Å². The van der Waals surface area contributed by atoms with Crippen molar-refractivity contribution in [3.8, 4) is 0 Å². The van der Waals surface area contributed by atoms with E-state index >= 15 is 0 Å². The molecular weight excluding hydrogens is 372 g/mol. The van der Waals surface area contributed by atoms with E-state index in [-0.39, 0.29) is 11.5 Å². The third kappa shape index (κ3) is 3.48. The van der Waals surface area contributed by atoms with Gasteiger partial charge in [0.05, 0.1) is 11.5 Å². The number of rotatable bonds is 6. The summed E-state index contributed by atoms with van der Waals surface area (Å²) < 4.78 is 0. The van der Waals surface area contributed by atoms with Crippen molar-refractivity contribution in [2.75, 3.05) is 0 Å². The molecule has 4 aliphatic carbocycles. The van der Waals surface area contributed by atoms with E-state index in [0.717, 1.165) is 57.3 Å². The summed E-state index contributed by atoms with van der Waals surface area (Å²) >= 11 is 0. The number of hydrogen-bond acceptors (Lipinski definition) is 2. The molecule has 0 amide bonds. The second-order valence-electron chi connectivity index (χ2n) is 12.0. The van der Waals surface area contributed by atoms with Crippen LogP contribution in [-0.2, 0) is 4.79 Å². The molecule has 0 heterocycles. The molecule has 0 aromatic rings. The SMILES string of the molecule is CC(C)CCC[C@@H](C)[C@H]1CC[C@H]2[C@@H]3CC=C4CC(O)CC[C@]4(C)[C@H]3CC[C@]12C(=O)O. The first-order valence-electron chi connectivity index (χ1n) is 12.8. The molecule has 4 aliphatic rings. The van der Waals surface area contributed by atoms with Gasteiger partial charge in [0, 0.05) is 0 Å². The van der Waals surface area contributed by atoms with Gasteiger partial charge in [-0.3, -0.25) is 4.79 Å². The number of allylic oxidation sites excluding steroid dienone is 1. The molecule has 1 unspecified atom stereocenters. The van der Waals surface area contributed by atoms with Crippen LogP contribution < -0.4 is 0 Å². The summed E-state index contributed by atoms with van der Waals surface area (Å²) in [4.78, 5) is 12.9. The molecule has 170 valence electrons. The Hall–Kier alpha value is -0.830. The Morgan fingerprint density at radius 1 is 1.10 bits per heavy atom. The standard InChI is InChI=1S/C27H44O3/c1-17(2)6-5-7-18(3)22-10-11-24-21-9-8-19-16-20(28)12-14-26(19,4)23(21)13-15-27(22,24)25(29)30/h8,17-18,20-24,28H,5-7,9-16H2,1-4H3,(H,29,30)/t18-,20?,21-,22-,23+,24+,26+,27+/m1/s1. The van der Waals surface area contributed by atoms with Crippen LogP contribution in [0.1, 0.15) is 98.3 Å². The highest BCUT2D eigenvalue weighted by Gasteiger charge is 2.64. The molecule has 0 spiro atoms. The van der Waals surface area contributed by atoms with E-state index in [4.69, 9.17) is 0 Å². The lowest BCUT2D eigenvalue weighted by Crippen LogP contribution is -2.54. The molecule has 4 rings (SSSR count). The van der Waals surface area contributed by atoms with E-state index < -0.39 is 11.4 Å². The van der Waals surface area contributed by atoms with Crippen molar-refractivity contribution in [3.05, 3.63) is 11.6 Å². The minimum Gasteiger partial charge on any atom is -0.481 e. The first-order valence-corrected chi connectivity index (χ1v) is 12.8. The molecule has 0 aliphatic heterocycles. The van der Waals surface area contributed by atoms with Crippen molar-refractivity contribution in [2.24, 2.45) is 46.3 Å². The van der Waals surface area contributed by atoms with E-state index in [1.165, 1.54) is 24.8 Å². The Kier molecular flexibility index (Phi) is 6.16. The maximum absolute atomic E-state index is 12.9. The number of aliphatic carboxylic acids is 1. The van der Waals surface area contributed by atoms with E-state index in [0.29, 0.717) is 29.6 Å². The van der Waals surface area contributed by atoms with Crippen LogP contribution in [0.2, 0.25) is 0 Å². The zero-order chi connectivity index (χ0) is 21.7. The van der Waals surface area contributed by atoms with Gasteiger partial charge in [-0.05, 0) is 92.3 Å². The van der Waals surface area contributed by atoms with Crippen LogP contribution in [0.25, 0.3) is 0 Å². The minimum absolute atomic E-state index is 0.176. The number of carboxylic acids is 1. The Morgan fingerprint density at radius 2 is 1.87 bits per heavy atom. The molecule has 8 atom stereocenters. The van der Waals surface area contributed by atoms with Crippen LogP contribution >= 0.6 is 0 Å². The summed E-state index contributed by atoms with van der Waals surface area (Å²) in [5.41, 5.74) is 1.17. The molecule has 0 aromatic heterocycles. The molecule has 0 aromatic carbocycles. The summed E-state index contributed by atoms with van der Waals surface area (Å²) in [6.45, 7) is 9.33. The average Bonchev–Trinajstić information content (AvgIpc) is 3.09. The van der Waals surface area contributed by atoms with Gasteiger partial charge in [-0.25, -0.2) is 0 Å². The van der Waals surface area contributed by atoms with Gasteiger partial charge < -0.3 is 10.2 Å². The van der Waals surface area contributed by atoms with Crippen LogP contribution in [0, 0.1) is 46.3 Å². The summed E-state index contributed by atoms with van der Waals surface area (Å²) in [7, 11) is 0. The summed E-state index contributed by atoms with van der Waals surface area (Å²) in [6, 6.07) is 0. The summed E-state index contributed by atoms with van der Waals surface area (Å²) in [5.74, 6) is 2.56. The van der Waals surface area contributed by atoms with E-state index in [9.17, 15) is 15.0 Å². The summed E-state index contributed by atoms with van der Waals surface area (Å²) in [6.07, 6.45) is 13.9. The Balaban J connectivity index is 1.57. The quantitative estimate of drug-likeness (QED) is 0.489. The van der Waals surface area contributed by atoms with Gasteiger partial charge in [-0.1, -0.05) is 58.6 Å². The number of carbonyl (C=O) groups is 1. The van der Waals surface area contributed by atoms with Gasteiger partial charge in [0.2, 0.25) is 0 Å². The molecule has 3 fully saturated rings. The van der Waals surface area contributed by atoms with Crippen LogP contribution in [0.3, 0.4) is 0 Å². The molecule has 0 saturated heterocycles. The van der Waals surface area contributed by atoms with E-state index in [1.807, 2.05) is 0 Å². The van der Waals surface area contributed by atoms with E-state index in [1.54, 1.807) is 0 Å². The van der Waals surface area contributed by atoms with E-state index in [2.05, 4.69) is 33.8 Å². The first kappa shape index (κ1) is 22.4. The predicted molar refractivity (Wildman–Crippen MR) is 121 cm³/mol. The lowest BCUT2D eigenvalue weighted by atomic mass is 9.46. The number of aliphatic hydroxyl groups is 1. The number of carboxylic acid groups (broad SMARTS) is 1.